The van der Waals surface area contributed by atoms with Crippen LogP contribution < -0.4 is 10.1 Å². The number of carbonyl (C=O) groups excluding carboxylic acids is 2. The van der Waals surface area contributed by atoms with Crippen molar-refractivity contribution in [1.29, 1.82) is 0 Å². The van der Waals surface area contributed by atoms with Crippen molar-refractivity contribution in [3.63, 3.8) is 0 Å². The monoisotopic (exact) mass is 403 g/mol. The molecule has 1 N–H and O–H groups in total. The van der Waals surface area contributed by atoms with Gasteiger partial charge in [-0.25, -0.2) is 0 Å². The van der Waals surface area contributed by atoms with Crippen LogP contribution in [0.15, 0.2) is 59.0 Å². The molecule has 1 amide bonds. The quantitative estimate of drug-likeness (QED) is 0.481. The lowest BCUT2D eigenvalue weighted by Crippen LogP contribution is -2.18. The van der Waals surface area contributed by atoms with Crippen molar-refractivity contribution in [2.24, 2.45) is 0 Å². The number of carbonyl (C=O) groups is 2. The largest absolute Gasteiger partial charge is 0.497 e. The third-order valence-corrected chi connectivity index (χ3v) is 4.83. The van der Waals surface area contributed by atoms with E-state index in [4.69, 9.17) is 9.15 Å². The minimum Gasteiger partial charge on any atom is -0.497 e. The molecule has 0 aliphatic heterocycles. The maximum atomic E-state index is 13.2. The highest BCUT2D eigenvalue weighted by Crippen LogP contribution is 2.33. The first kappa shape index (κ1) is 19.4. The number of nitrogens with one attached hydrogen (secondary N) is 1. The standard InChI is InChI=1S/C23H21N3O4/c1-4-26-18(13-14(2)25-26)23(28)24-20-17-7-5-6-8-19(17)30-22(20)21(27)15-9-11-16(29-3)12-10-15/h5-13H,4H2,1-3H3,(H,24,28). The Kier molecular flexibility index (Phi) is 5.10. The average Bonchev–Trinajstić information content (AvgIpc) is 3.33. The van der Waals surface area contributed by atoms with Gasteiger partial charge in [0.25, 0.3) is 5.91 Å². The average molecular weight is 403 g/mol. The van der Waals surface area contributed by atoms with Crippen molar-refractivity contribution in [3.8, 4) is 5.75 Å². The fourth-order valence-electron chi connectivity index (χ4n) is 3.35. The summed E-state index contributed by atoms with van der Waals surface area (Å²) in [5.41, 5.74) is 2.46. The van der Waals surface area contributed by atoms with Crippen molar-refractivity contribution in [3.05, 3.63) is 77.3 Å². The van der Waals surface area contributed by atoms with E-state index < -0.39 is 0 Å². The minimum atomic E-state index is -0.354. The first-order chi connectivity index (χ1) is 14.5. The molecule has 152 valence electrons. The lowest BCUT2D eigenvalue weighted by molar-refractivity contribution is 0.101. The molecule has 2 aromatic heterocycles. The van der Waals surface area contributed by atoms with E-state index >= 15 is 0 Å². The molecule has 2 heterocycles. The molecular weight excluding hydrogens is 382 g/mol. The van der Waals surface area contributed by atoms with Crippen LogP contribution in [0, 0.1) is 6.92 Å². The molecule has 4 rings (SSSR count). The van der Waals surface area contributed by atoms with Gasteiger partial charge in [0.1, 0.15) is 17.0 Å². The Hall–Kier alpha value is -3.87. The third kappa shape index (κ3) is 3.45. The molecule has 0 saturated heterocycles. The summed E-state index contributed by atoms with van der Waals surface area (Å²) >= 11 is 0. The highest BCUT2D eigenvalue weighted by Gasteiger charge is 2.25. The molecule has 0 spiro atoms. The zero-order valence-electron chi connectivity index (χ0n) is 16.9. The van der Waals surface area contributed by atoms with Gasteiger partial charge < -0.3 is 14.5 Å². The molecule has 7 heteroatoms. The van der Waals surface area contributed by atoms with Crippen LogP contribution in [0.4, 0.5) is 5.69 Å². The fraction of sp³-hybridized carbons (Fsp3) is 0.174. The van der Waals surface area contributed by atoms with Crippen molar-refractivity contribution in [1.82, 2.24) is 9.78 Å². The Morgan fingerprint density at radius 1 is 1.13 bits per heavy atom. The molecular formula is C23H21N3O4. The van der Waals surface area contributed by atoms with Crippen LogP contribution >= 0.6 is 0 Å². The number of aromatic nitrogens is 2. The number of para-hydroxylation sites is 1. The summed E-state index contributed by atoms with van der Waals surface area (Å²) in [6, 6.07) is 15.7. The van der Waals surface area contributed by atoms with E-state index in [0.717, 1.165) is 5.69 Å². The predicted molar refractivity (Wildman–Crippen MR) is 113 cm³/mol. The second-order valence-electron chi connectivity index (χ2n) is 6.80. The van der Waals surface area contributed by atoms with E-state index in [1.54, 1.807) is 48.2 Å². The first-order valence-electron chi connectivity index (χ1n) is 9.58. The van der Waals surface area contributed by atoms with Gasteiger partial charge in [-0.15, -0.1) is 0 Å². The highest BCUT2D eigenvalue weighted by molar-refractivity contribution is 6.18. The summed E-state index contributed by atoms with van der Waals surface area (Å²) < 4.78 is 12.6. The number of furan rings is 1. The molecule has 0 fully saturated rings. The van der Waals surface area contributed by atoms with Crippen molar-refractivity contribution in [2.45, 2.75) is 20.4 Å². The summed E-state index contributed by atoms with van der Waals surface area (Å²) in [6.45, 7) is 4.30. The molecule has 2 aromatic carbocycles. The number of rotatable bonds is 6. The number of ether oxygens (including phenoxy) is 1. The van der Waals surface area contributed by atoms with Gasteiger partial charge in [0.2, 0.25) is 5.78 Å². The van der Waals surface area contributed by atoms with Crippen LogP contribution in [-0.4, -0.2) is 28.6 Å². The van der Waals surface area contributed by atoms with E-state index in [-0.39, 0.29) is 17.5 Å². The second kappa shape index (κ2) is 7.87. The number of amides is 1. The van der Waals surface area contributed by atoms with E-state index in [0.29, 0.717) is 40.2 Å². The normalized spacial score (nSPS) is 10.9. The number of ketones is 1. The Morgan fingerprint density at radius 2 is 1.87 bits per heavy atom. The Balaban J connectivity index is 1.76. The van der Waals surface area contributed by atoms with Crippen LogP contribution in [0.5, 0.6) is 5.75 Å². The Bertz CT molecular complexity index is 1240. The first-order valence-corrected chi connectivity index (χ1v) is 9.58. The molecule has 0 radical (unpaired) electrons. The number of aryl methyl sites for hydroxylation is 2. The number of methoxy groups -OCH3 is 1. The van der Waals surface area contributed by atoms with Crippen LogP contribution in [0.25, 0.3) is 11.0 Å². The Labute approximate surface area is 173 Å². The maximum absolute atomic E-state index is 13.2. The molecule has 0 bridgehead atoms. The minimum absolute atomic E-state index is 0.0778. The highest BCUT2D eigenvalue weighted by atomic mass is 16.5. The van der Waals surface area contributed by atoms with Gasteiger partial charge in [0, 0.05) is 17.5 Å². The van der Waals surface area contributed by atoms with E-state index in [9.17, 15) is 9.59 Å². The summed E-state index contributed by atoms with van der Waals surface area (Å²) in [5, 5.41) is 7.84. The topological polar surface area (TPSA) is 86.4 Å². The van der Waals surface area contributed by atoms with Crippen LogP contribution in [0.3, 0.4) is 0 Å². The van der Waals surface area contributed by atoms with E-state index in [1.807, 2.05) is 32.0 Å². The molecule has 0 aliphatic carbocycles. The third-order valence-electron chi connectivity index (χ3n) is 4.83. The van der Waals surface area contributed by atoms with Gasteiger partial charge >= 0.3 is 0 Å². The van der Waals surface area contributed by atoms with Crippen LogP contribution in [-0.2, 0) is 6.54 Å². The second-order valence-corrected chi connectivity index (χ2v) is 6.80. The molecule has 7 nitrogen and oxygen atoms in total. The number of anilines is 1. The van der Waals surface area contributed by atoms with Crippen LogP contribution in [0.2, 0.25) is 0 Å². The predicted octanol–water partition coefficient (Wildman–Crippen LogP) is 4.45. The van der Waals surface area contributed by atoms with E-state index in [1.165, 1.54) is 0 Å². The van der Waals surface area contributed by atoms with Gasteiger partial charge in [-0.2, -0.15) is 5.10 Å². The zero-order valence-corrected chi connectivity index (χ0v) is 16.9. The number of hydrogen-bond donors (Lipinski definition) is 1. The van der Waals surface area contributed by atoms with Gasteiger partial charge in [-0.3, -0.25) is 14.3 Å². The summed E-state index contributed by atoms with van der Waals surface area (Å²) in [6.07, 6.45) is 0. The van der Waals surface area contributed by atoms with Crippen molar-refractivity contribution in [2.75, 3.05) is 12.4 Å². The summed E-state index contributed by atoms with van der Waals surface area (Å²) in [7, 11) is 1.56. The molecule has 0 saturated carbocycles. The summed E-state index contributed by atoms with van der Waals surface area (Å²) in [5.74, 6) is 0.0407. The fourth-order valence-corrected chi connectivity index (χ4v) is 3.35. The molecule has 0 aliphatic rings. The lowest BCUT2D eigenvalue weighted by atomic mass is 10.1. The van der Waals surface area contributed by atoms with Gasteiger partial charge in [-0.1, -0.05) is 12.1 Å². The van der Waals surface area contributed by atoms with Crippen molar-refractivity contribution >= 4 is 28.3 Å². The number of nitrogens with zero attached hydrogens (tertiary/aromatic N) is 2. The van der Waals surface area contributed by atoms with Crippen LogP contribution in [0.1, 0.15) is 39.2 Å². The Morgan fingerprint density at radius 3 is 2.57 bits per heavy atom. The molecule has 30 heavy (non-hydrogen) atoms. The SMILES string of the molecule is CCn1nc(C)cc1C(=O)Nc1c(C(=O)c2ccc(OC)cc2)oc2ccccc12. The lowest BCUT2D eigenvalue weighted by Gasteiger charge is -2.08. The molecule has 0 atom stereocenters. The van der Waals surface area contributed by atoms with Gasteiger partial charge in [0.15, 0.2) is 5.76 Å². The van der Waals surface area contributed by atoms with Gasteiger partial charge in [-0.05, 0) is 56.3 Å². The van der Waals surface area contributed by atoms with Crippen molar-refractivity contribution < 1.29 is 18.7 Å². The zero-order chi connectivity index (χ0) is 21.3. The van der Waals surface area contributed by atoms with Gasteiger partial charge in [0.05, 0.1) is 18.5 Å². The van der Waals surface area contributed by atoms with E-state index in [2.05, 4.69) is 10.4 Å². The molecule has 0 unspecified atom stereocenters. The number of hydrogen-bond acceptors (Lipinski definition) is 5. The maximum Gasteiger partial charge on any atom is 0.274 e. The number of fused-ring (bicyclic) bond motifs is 1. The number of benzene rings is 2. The summed E-state index contributed by atoms with van der Waals surface area (Å²) in [4.78, 5) is 26.2. The molecule has 4 aromatic rings. The smallest absolute Gasteiger partial charge is 0.274 e.